The Bertz CT molecular complexity index is 753. The number of thiophene rings is 1. The molecule has 1 heterocycles. The summed E-state index contributed by atoms with van der Waals surface area (Å²) in [5.74, 6) is 0.489. The third kappa shape index (κ3) is 4.65. The second kappa shape index (κ2) is 7.75. The SMILES string of the molecule is C/C(=N/NC(=O)COc1c(C)ccc(C)c1C)c1ccc(Br)s1. The molecular weight excluding hydrogens is 376 g/mol. The highest BCUT2D eigenvalue weighted by Crippen LogP contribution is 2.25. The predicted molar refractivity (Wildman–Crippen MR) is 98.5 cm³/mol. The first-order chi connectivity index (χ1) is 10.9. The van der Waals surface area contributed by atoms with Gasteiger partial charge < -0.3 is 4.74 Å². The number of ether oxygens (including phenoxy) is 1. The number of aryl methyl sites for hydroxylation is 2. The molecule has 0 radical (unpaired) electrons. The van der Waals surface area contributed by atoms with Crippen LogP contribution in [0.1, 0.15) is 28.5 Å². The molecule has 1 aromatic carbocycles. The van der Waals surface area contributed by atoms with Gasteiger partial charge in [-0.25, -0.2) is 5.43 Å². The zero-order valence-corrected chi connectivity index (χ0v) is 16.0. The lowest BCUT2D eigenvalue weighted by atomic mass is 10.1. The topological polar surface area (TPSA) is 50.7 Å². The van der Waals surface area contributed by atoms with Gasteiger partial charge in [-0.15, -0.1) is 11.3 Å². The van der Waals surface area contributed by atoms with Crippen molar-refractivity contribution in [3.05, 3.63) is 49.6 Å². The normalized spacial score (nSPS) is 11.4. The van der Waals surface area contributed by atoms with Gasteiger partial charge in [-0.1, -0.05) is 12.1 Å². The molecule has 4 nitrogen and oxygen atoms in total. The Labute approximate surface area is 148 Å². The summed E-state index contributed by atoms with van der Waals surface area (Å²) in [4.78, 5) is 12.9. The second-order valence-corrected chi connectivity index (χ2v) is 7.74. The molecule has 23 heavy (non-hydrogen) atoms. The van der Waals surface area contributed by atoms with Crippen LogP contribution in [0.5, 0.6) is 5.75 Å². The molecule has 0 unspecified atom stereocenters. The first kappa shape index (κ1) is 17.7. The van der Waals surface area contributed by atoms with Crippen LogP contribution in [0.25, 0.3) is 0 Å². The van der Waals surface area contributed by atoms with E-state index in [-0.39, 0.29) is 12.5 Å². The summed E-state index contributed by atoms with van der Waals surface area (Å²) in [7, 11) is 0. The summed E-state index contributed by atoms with van der Waals surface area (Å²) in [6, 6.07) is 7.94. The zero-order chi connectivity index (χ0) is 17.0. The van der Waals surface area contributed by atoms with Crippen LogP contribution < -0.4 is 10.2 Å². The Morgan fingerprint density at radius 3 is 2.57 bits per heavy atom. The molecule has 0 atom stereocenters. The molecule has 6 heteroatoms. The van der Waals surface area contributed by atoms with Crippen LogP contribution in [0.3, 0.4) is 0 Å². The fraction of sp³-hybridized carbons (Fsp3) is 0.294. The number of carbonyl (C=O) groups is 1. The van der Waals surface area contributed by atoms with E-state index in [0.717, 1.165) is 36.8 Å². The molecule has 0 spiro atoms. The molecule has 0 saturated carbocycles. The summed E-state index contributed by atoms with van der Waals surface area (Å²) in [6.07, 6.45) is 0. The van der Waals surface area contributed by atoms with Crippen molar-refractivity contribution in [2.24, 2.45) is 5.10 Å². The molecule has 1 amide bonds. The van der Waals surface area contributed by atoms with E-state index < -0.39 is 0 Å². The summed E-state index contributed by atoms with van der Waals surface area (Å²) in [6.45, 7) is 7.78. The zero-order valence-electron chi connectivity index (χ0n) is 13.6. The van der Waals surface area contributed by atoms with Gasteiger partial charge in [-0.3, -0.25) is 4.79 Å². The van der Waals surface area contributed by atoms with Crippen LogP contribution in [0.2, 0.25) is 0 Å². The molecule has 2 aromatic rings. The fourth-order valence-corrected chi connectivity index (χ4v) is 3.36. The van der Waals surface area contributed by atoms with E-state index in [1.54, 1.807) is 11.3 Å². The van der Waals surface area contributed by atoms with Gasteiger partial charge in [0.2, 0.25) is 0 Å². The Balaban J connectivity index is 1.95. The number of carbonyl (C=O) groups excluding carboxylic acids is 1. The Kier molecular flexibility index (Phi) is 5.96. The monoisotopic (exact) mass is 394 g/mol. The molecule has 0 saturated heterocycles. The Morgan fingerprint density at radius 1 is 1.22 bits per heavy atom. The maximum atomic E-state index is 11.9. The van der Waals surface area contributed by atoms with Crippen LogP contribution in [0, 0.1) is 20.8 Å². The molecule has 2 rings (SSSR count). The number of nitrogens with zero attached hydrogens (tertiary/aromatic N) is 1. The number of hydrogen-bond acceptors (Lipinski definition) is 4. The van der Waals surface area contributed by atoms with Crippen molar-refractivity contribution in [2.45, 2.75) is 27.7 Å². The number of benzene rings is 1. The molecule has 0 aliphatic rings. The van der Waals surface area contributed by atoms with E-state index in [2.05, 4.69) is 26.5 Å². The van der Waals surface area contributed by atoms with Gasteiger partial charge in [0.15, 0.2) is 6.61 Å². The molecule has 122 valence electrons. The minimum atomic E-state index is -0.278. The van der Waals surface area contributed by atoms with E-state index in [9.17, 15) is 4.79 Å². The number of nitrogens with one attached hydrogen (secondary N) is 1. The van der Waals surface area contributed by atoms with Crippen molar-refractivity contribution in [3.8, 4) is 5.75 Å². The second-order valence-electron chi connectivity index (χ2n) is 5.28. The van der Waals surface area contributed by atoms with Crippen LogP contribution in [-0.2, 0) is 4.79 Å². The molecule has 0 bridgehead atoms. The van der Waals surface area contributed by atoms with E-state index in [1.165, 1.54) is 0 Å². The maximum Gasteiger partial charge on any atom is 0.277 e. The number of amides is 1. The Hall–Kier alpha value is -1.66. The highest BCUT2D eigenvalue weighted by Gasteiger charge is 2.09. The number of rotatable bonds is 5. The minimum Gasteiger partial charge on any atom is -0.483 e. The molecule has 1 aromatic heterocycles. The van der Waals surface area contributed by atoms with Crippen molar-refractivity contribution in [2.75, 3.05) is 6.61 Å². The van der Waals surface area contributed by atoms with Gasteiger partial charge in [-0.2, -0.15) is 5.10 Å². The van der Waals surface area contributed by atoms with Gasteiger partial charge in [0.05, 0.1) is 14.4 Å². The Morgan fingerprint density at radius 2 is 1.91 bits per heavy atom. The van der Waals surface area contributed by atoms with Crippen molar-refractivity contribution < 1.29 is 9.53 Å². The average Bonchev–Trinajstić information content (AvgIpc) is 2.95. The lowest BCUT2D eigenvalue weighted by Crippen LogP contribution is -2.25. The summed E-state index contributed by atoms with van der Waals surface area (Å²) >= 11 is 4.97. The minimum absolute atomic E-state index is 0.0595. The van der Waals surface area contributed by atoms with Crippen LogP contribution in [-0.4, -0.2) is 18.2 Å². The first-order valence-corrected chi connectivity index (χ1v) is 8.78. The van der Waals surface area contributed by atoms with Crippen molar-refractivity contribution in [1.29, 1.82) is 0 Å². The summed E-state index contributed by atoms with van der Waals surface area (Å²) < 4.78 is 6.70. The fourth-order valence-electron chi connectivity index (χ4n) is 2.03. The average molecular weight is 395 g/mol. The molecule has 0 fully saturated rings. The van der Waals surface area contributed by atoms with Crippen molar-refractivity contribution >= 4 is 38.9 Å². The van der Waals surface area contributed by atoms with E-state index in [1.807, 2.05) is 52.0 Å². The molecule has 1 N–H and O–H groups in total. The van der Waals surface area contributed by atoms with E-state index in [4.69, 9.17) is 4.74 Å². The van der Waals surface area contributed by atoms with Gasteiger partial charge in [0, 0.05) is 0 Å². The van der Waals surface area contributed by atoms with Crippen molar-refractivity contribution in [3.63, 3.8) is 0 Å². The van der Waals surface area contributed by atoms with Crippen LogP contribution in [0.15, 0.2) is 33.2 Å². The highest BCUT2D eigenvalue weighted by atomic mass is 79.9. The van der Waals surface area contributed by atoms with Crippen LogP contribution >= 0.6 is 27.3 Å². The molecule has 0 aliphatic carbocycles. The molecular formula is C17H19BrN2O2S. The first-order valence-electron chi connectivity index (χ1n) is 7.17. The van der Waals surface area contributed by atoms with Gasteiger partial charge in [0.25, 0.3) is 5.91 Å². The number of hydrazone groups is 1. The molecule has 0 aliphatic heterocycles. The van der Waals surface area contributed by atoms with Gasteiger partial charge in [0.1, 0.15) is 5.75 Å². The van der Waals surface area contributed by atoms with Crippen LogP contribution in [0.4, 0.5) is 0 Å². The largest absolute Gasteiger partial charge is 0.483 e. The third-order valence-corrected chi connectivity index (χ3v) is 5.23. The number of halogens is 1. The smallest absolute Gasteiger partial charge is 0.277 e. The van der Waals surface area contributed by atoms with Crippen molar-refractivity contribution in [1.82, 2.24) is 5.43 Å². The maximum absolute atomic E-state index is 11.9. The third-order valence-electron chi connectivity index (χ3n) is 3.50. The standard InChI is InChI=1S/C17H19BrN2O2S/c1-10-5-6-11(2)17(12(10)3)22-9-16(21)20-19-13(4)14-7-8-15(18)23-14/h5-8H,9H2,1-4H3,(H,20,21)/b19-13-. The predicted octanol–water partition coefficient (Wildman–Crippen LogP) is 4.36. The van der Waals surface area contributed by atoms with E-state index >= 15 is 0 Å². The lowest BCUT2D eigenvalue weighted by Gasteiger charge is -2.13. The van der Waals surface area contributed by atoms with Gasteiger partial charge >= 0.3 is 0 Å². The highest BCUT2D eigenvalue weighted by molar-refractivity contribution is 9.11. The number of hydrogen-bond donors (Lipinski definition) is 1. The lowest BCUT2D eigenvalue weighted by molar-refractivity contribution is -0.123. The van der Waals surface area contributed by atoms with Gasteiger partial charge in [-0.05, 0) is 72.4 Å². The summed E-state index contributed by atoms with van der Waals surface area (Å²) in [5, 5.41) is 4.11. The van der Waals surface area contributed by atoms with E-state index in [0.29, 0.717) is 0 Å². The summed E-state index contributed by atoms with van der Waals surface area (Å²) in [5.41, 5.74) is 6.51. The quantitative estimate of drug-likeness (QED) is 0.604.